The van der Waals surface area contributed by atoms with E-state index in [2.05, 4.69) is 5.32 Å². The number of amides is 3. The fourth-order valence-electron chi connectivity index (χ4n) is 6.17. The van der Waals surface area contributed by atoms with E-state index in [0.29, 0.717) is 16.3 Å². The van der Waals surface area contributed by atoms with E-state index in [0.717, 1.165) is 27.2 Å². The van der Waals surface area contributed by atoms with Crippen LogP contribution in [0.4, 0.5) is 5.69 Å². The number of likely N-dealkylation sites (tertiary alicyclic amines) is 1. The first-order chi connectivity index (χ1) is 17.1. The van der Waals surface area contributed by atoms with Crippen molar-refractivity contribution in [3.8, 4) is 0 Å². The third-order valence-corrected chi connectivity index (χ3v) is 9.61. The second kappa shape index (κ2) is 7.82. The quantitative estimate of drug-likeness (QED) is 0.350. The van der Waals surface area contributed by atoms with E-state index in [1.54, 1.807) is 25.1 Å². The topological polar surface area (TPSA) is 66.5 Å². The van der Waals surface area contributed by atoms with Crippen molar-refractivity contribution in [2.24, 2.45) is 11.8 Å². The highest BCUT2D eigenvalue weighted by molar-refractivity contribution is 6.36. The Hall–Kier alpha value is -2.86. The third kappa shape index (κ3) is 2.77. The molecule has 3 amide bonds. The van der Waals surface area contributed by atoms with Gasteiger partial charge in [-0.15, -0.1) is 23.2 Å². The summed E-state index contributed by atoms with van der Waals surface area (Å²) in [6.45, 7) is 3.32. The highest BCUT2D eigenvalue weighted by Crippen LogP contribution is 2.69. The van der Waals surface area contributed by atoms with Crippen LogP contribution in [-0.2, 0) is 24.1 Å². The van der Waals surface area contributed by atoms with Gasteiger partial charge in [-0.25, -0.2) is 0 Å². The Morgan fingerprint density at radius 2 is 1.28 bits per heavy atom. The van der Waals surface area contributed by atoms with Gasteiger partial charge in [0.05, 0.1) is 11.8 Å². The molecule has 0 aromatic heterocycles. The average molecular weight is 540 g/mol. The summed E-state index contributed by atoms with van der Waals surface area (Å²) >= 11 is 21.0. The summed E-state index contributed by atoms with van der Waals surface area (Å²) in [6.07, 6.45) is 0. The van der Waals surface area contributed by atoms with Crippen LogP contribution in [-0.4, -0.2) is 28.7 Å². The van der Waals surface area contributed by atoms with Gasteiger partial charge in [-0.1, -0.05) is 66.2 Å². The molecule has 3 aliphatic carbocycles. The minimum atomic E-state index is -1.28. The molecule has 8 heteroatoms. The molecule has 3 atom stereocenters. The normalized spacial score (nSPS) is 28.4. The number of halogens is 3. The summed E-state index contributed by atoms with van der Waals surface area (Å²) in [7, 11) is 0. The lowest BCUT2D eigenvalue weighted by atomic mass is 9.54. The Bertz CT molecular complexity index is 1360. The maximum Gasteiger partial charge on any atom is 0.247 e. The molecule has 182 valence electrons. The van der Waals surface area contributed by atoms with Crippen molar-refractivity contribution >= 4 is 58.2 Å². The number of anilines is 1. The van der Waals surface area contributed by atoms with Crippen molar-refractivity contribution in [1.29, 1.82) is 0 Å². The fraction of sp³-hybridized carbons (Fsp3) is 0.250. The third-order valence-electron chi connectivity index (χ3n) is 7.91. The maximum atomic E-state index is 14.0. The fourth-order valence-corrected chi connectivity index (χ4v) is 7.44. The van der Waals surface area contributed by atoms with Crippen LogP contribution in [0.3, 0.4) is 0 Å². The summed E-state index contributed by atoms with van der Waals surface area (Å²) in [5.74, 6) is -3.40. The summed E-state index contributed by atoms with van der Waals surface area (Å²) in [5.41, 5.74) is 4.08. The van der Waals surface area contributed by atoms with Crippen LogP contribution in [0.1, 0.15) is 34.7 Å². The van der Waals surface area contributed by atoms with E-state index in [-0.39, 0.29) is 0 Å². The predicted octanol–water partition coefficient (Wildman–Crippen LogP) is 5.57. The molecule has 1 heterocycles. The van der Waals surface area contributed by atoms with E-state index in [1.807, 2.05) is 48.5 Å². The molecule has 0 spiro atoms. The number of hydrogen-bond donors (Lipinski definition) is 1. The average Bonchev–Trinajstić information content (AvgIpc) is 3.15. The van der Waals surface area contributed by atoms with Crippen LogP contribution in [0, 0.1) is 18.8 Å². The first kappa shape index (κ1) is 23.5. The smallest absolute Gasteiger partial charge is 0.247 e. The summed E-state index contributed by atoms with van der Waals surface area (Å²) in [6, 6.07) is 18.9. The van der Waals surface area contributed by atoms with Crippen LogP contribution in [0.5, 0.6) is 0 Å². The second-order valence-electron chi connectivity index (χ2n) is 9.59. The van der Waals surface area contributed by atoms with Crippen LogP contribution in [0.15, 0.2) is 66.7 Å². The highest BCUT2D eigenvalue weighted by Gasteiger charge is 2.73. The molecule has 0 radical (unpaired) electrons. The van der Waals surface area contributed by atoms with Crippen molar-refractivity contribution in [3.63, 3.8) is 0 Å². The van der Waals surface area contributed by atoms with Crippen LogP contribution < -0.4 is 5.32 Å². The number of hydrogen-bond acceptors (Lipinski definition) is 3. The van der Waals surface area contributed by atoms with Crippen molar-refractivity contribution in [1.82, 2.24) is 4.90 Å². The Balaban J connectivity index is 1.45. The number of rotatable bonds is 3. The molecule has 1 fully saturated rings. The van der Waals surface area contributed by atoms with E-state index in [4.69, 9.17) is 34.8 Å². The zero-order valence-electron chi connectivity index (χ0n) is 19.4. The van der Waals surface area contributed by atoms with Gasteiger partial charge in [-0.2, -0.15) is 0 Å². The van der Waals surface area contributed by atoms with Crippen molar-refractivity contribution in [3.05, 3.63) is 99.6 Å². The predicted molar refractivity (Wildman–Crippen MR) is 139 cm³/mol. The maximum absolute atomic E-state index is 14.0. The lowest BCUT2D eigenvalue weighted by molar-refractivity contribution is -0.146. The van der Waals surface area contributed by atoms with Gasteiger partial charge >= 0.3 is 0 Å². The number of imide groups is 1. The highest BCUT2D eigenvalue weighted by atomic mass is 35.5. The number of nitrogens with one attached hydrogen (secondary N) is 1. The molecule has 0 unspecified atom stereocenters. The van der Waals surface area contributed by atoms with Crippen LogP contribution >= 0.6 is 34.8 Å². The van der Waals surface area contributed by atoms with Crippen LogP contribution in [0.2, 0.25) is 5.02 Å². The Morgan fingerprint density at radius 3 is 1.72 bits per heavy atom. The standard InChI is InChI=1S/C28H21Cl3N2O3/c1-14-20(29)12-7-13-21(14)32-24(34)15(2)33-25(35)22-23(26(33)36)28(31)17-9-4-3-8-16(17)27(22,30)18-10-5-6-11-19(18)28/h3-13,15,22-23H,1-2H3,(H,32,34)/t15-,22-,23+,27?,28?/m1/s1. The first-order valence-electron chi connectivity index (χ1n) is 11.6. The lowest BCUT2D eigenvalue weighted by Gasteiger charge is -2.54. The van der Waals surface area contributed by atoms with E-state index >= 15 is 0 Å². The van der Waals surface area contributed by atoms with E-state index in [1.165, 1.54) is 6.92 Å². The molecule has 1 N–H and O–H groups in total. The van der Waals surface area contributed by atoms with Gasteiger partial charge in [0.15, 0.2) is 0 Å². The van der Waals surface area contributed by atoms with Crippen molar-refractivity contribution in [2.45, 2.75) is 29.6 Å². The number of nitrogens with zero attached hydrogens (tertiary/aromatic N) is 1. The van der Waals surface area contributed by atoms with Gasteiger partial charge < -0.3 is 5.32 Å². The van der Waals surface area contributed by atoms with Crippen molar-refractivity contribution in [2.75, 3.05) is 5.32 Å². The largest absolute Gasteiger partial charge is 0.324 e. The lowest BCUT2D eigenvalue weighted by Crippen LogP contribution is -2.57. The number of carbonyl (C=O) groups excluding carboxylic acids is 3. The molecule has 5 nitrogen and oxygen atoms in total. The zero-order valence-corrected chi connectivity index (χ0v) is 21.7. The van der Waals surface area contributed by atoms with Gasteiger partial charge in [-0.05, 0) is 53.8 Å². The number of benzene rings is 3. The summed E-state index contributed by atoms with van der Waals surface area (Å²) in [5, 5.41) is 3.31. The minimum Gasteiger partial charge on any atom is -0.324 e. The van der Waals surface area contributed by atoms with Crippen LogP contribution in [0.25, 0.3) is 0 Å². The molecule has 3 aromatic carbocycles. The van der Waals surface area contributed by atoms with Gasteiger partial charge in [0, 0.05) is 10.7 Å². The molecule has 4 aliphatic rings. The molecule has 1 aliphatic heterocycles. The molecular formula is C28H21Cl3N2O3. The Morgan fingerprint density at radius 1 is 0.833 bits per heavy atom. The van der Waals surface area contributed by atoms with E-state index in [9.17, 15) is 14.4 Å². The molecule has 0 saturated carbocycles. The molecule has 7 rings (SSSR count). The van der Waals surface area contributed by atoms with E-state index < -0.39 is 45.3 Å². The van der Waals surface area contributed by atoms with Gasteiger partial charge in [0.2, 0.25) is 17.7 Å². The second-order valence-corrected chi connectivity index (χ2v) is 11.2. The van der Waals surface area contributed by atoms with Gasteiger partial charge in [-0.3, -0.25) is 19.3 Å². The first-order valence-corrected chi connectivity index (χ1v) is 12.8. The molecular weight excluding hydrogens is 519 g/mol. The Labute approximate surface area is 223 Å². The minimum absolute atomic E-state index is 0.500. The SMILES string of the molecule is Cc1c(Cl)cccc1NC(=O)[C@@H](C)N1C(=O)[C@@H]2[C@H](C1=O)C1(Cl)c3ccccc3C2(Cl)c2ccccc21. The molecule has 1 saturated heterocycles. The van der Waals surface area contributed by atoms with Crippen molar-refractivity contribution < 1.29 is 14.4 Å². The number of alkyl halides is 2. The number of carbonyl (C=O) groups is 3. The molecule has 3 aromatic rings. The molecule has 2 bridgehead atoms. The van der Waals surface area contributed by atoms with Gasteiger partial charge in [0.25, 0.3) is 0 Å². The zero-order chi connectivity index (χ0) is 25.6. The molecule has 36 heavy (non-hydrogen) atoms. The summed E-state index contributed by atoms with van der Waals surface area (Å²) < 4.78 is 0. The van der Waals surface area contributed by atoms with Gasteiger partial charge in [0.1, 0.15) is 15.8 Å². The summed E-state index contributed by atoms with van der Waals surface area (Å²) in [4.78, 5) is 39.7. The Kier molecular flexibility index (Phi) is 5.11. The monoisotopic (exact) mass is 538 g/mol.